The number of nitrogens with zero attached hydrogens (tertiary/aromatic N) is 2. The van der Waals surface area contributed by atoms with Crippen LogP contribution in [0.25, 0.3) is 0 Å². The van der Waals surface area contributed by atoms with Crippen LogP contribution < -0.4 is 10.6 Å². The molecule has 0 radical (unpaired) electrons. The highest BCUT2D eigenvalue weighted by atomic mass is 32.2. The van der Waals surface area contributed by atoms with E-state index in [1.807, 2.05) is 44.2 Å². The van der Waals surface area contributed by atoms with Gasteiger partial charge in [0.25, 0.3) is 11.8 Å². The number of carbonyl (C=O) groups excluding carboxylic acids is 3. The molecular weight excluding hydrogens is 556 g/mol. The number of benzene rings is 2. The molecule has 3 amide bonds. The van der Waals surface area contributed by atoms with Gasteiger partial charge in [-0.15, -0.1) is 11.8 Å². The van der Waals surface area contributed by atoms with E-state index in [1.165, 1.54) is 22.7 Å². The summed E-state index contributed by atoms with van der Waals surface area (Å²) in [5.74, 6) is -1.16. The monoisotopic (exact) mass is 598 g/mol. The van der Waals surface area contributed by atoms with Crippen LogP contribution in [0.4, 0.5) is 0 Å². The Morgan fingerprint density at radius 2 is 1.81 bits per heavy atom. The second-order valence-electron chi connectivity index (χ2n) is 11.4. The molecule has 2 aliphatic rings. The van der Waals surface area contributed by atoms with Crippen LogP contribution in [-0.2, 0) is 20.7 Å². The van der Waals surface area contributed by atoms with Crippen LogP contribution in [0.2, 0.25) is 0 Å². The third kappa shape index (κ3) is 7.83. The lowest BCUT2D eigenvalue weighted by molar-refractivity contribution is -0.147. The minimum absolute atomic E-state index is 0.0194. The number of amides is 3. The minimum Gasteiger partial charge on any atom is -0.508 e. The largest absolute Gasteiger partial charge is 0.508 e. The molecule has 0 aromatic heterocycles. The van der Waals surface area contributed by atoms with Crippen LogP contribution in [-0.4, -0.2) is 106 Å². The van der Waals surface area contributed by atoms with Crippen molar-refractivity contribution in [3.05, 3.63) is 65.2 Å². The molecule has 4 rings (SSSR count). The van der Waals surface area contributed by atoms with Gasteiger partial charge in [-0.3, -0.25) is 19.3 Å². The average molecular weight is 599 g/mol. The van der Waals surface area contributed by atoms with E-state index < -0.39 is 34.7 Å². The third-order valence-electron chi connectivity index (χ3n) is 7.93. The normalized spacial score (nSPS) is 20.1. The smallest absolute Gasteiger partial charge is 0.254 e. The Labute approximate surface area is 251 Å². The van der Waals surface area contributed by atoms with Crippen molar-refractivity contribution in [1.82, 2.24) is 20.4 Å². The standard InChI is InChI=1S/C31H42N4O6S/c1-21-23(11-7-12-25(21)36)28(38)33-24(19-22-9-5-4-6-10-22)26(37)30(40)35-20-42-31(2,3)27(35)29(39)32-13-8-14-34-15-17-41-18-16-34/h4-7,9-12,24,26-27,36-37H,8,13-20H2,1-3H3,(H,32,39)(H,33,38)/t24-,26-,27-/m0/s1. The molecule has 0 aliphatic carbocycles. The van der Waals surface area contributed by atoms with Gasteiger partial charge in [-0.1, -0.05) is 36.4 Å². The second-order valence-corrected chi connectivity index (χ2v) is 12.9. The fourth-order valence-electron chi connectivity index (χ4n) is 5.42. The molecule has 2 aliphatic heterocycles. The highest BCUT2D eigenvalue weighted by molar-refractivity contribution is 8.00. The maximum Gasteiger partial charge on any atom is 0.254 e. The van der Waals surface area contributed by atoms with Crippen molar-refractivity contribution in [2.75, 3.05) is 45.3 Å². The van der Waals surface area contributed by atoms with E-state index >= 15 is 0 Å². The van der Waals surface area contributed by atoms with Crippen molar-refractivity contribution in [3.8, 4) is 5.75 Å². The Kier molecular flexibility index (Phi) is 10.9. The topological polar surface area (TPSA) is 131 Å². The van der Waals surface area contributed by atoms with Crippen molar-refractivity contribution in [3.63, 3.8) is 0 Å². The summed E-state index contributed by atoms with van der Waals surface area (Å²) in [6.45, 7) is 10.0. The number of phenols is 1. The van der Waals surface area contributed by atoms with Gasteiger partial charge in [-0.2, -0.15) is 0 Å². The Morgan fingerprint density at radius 1 is 1.10 bits per heavy atom. The van der Waals surface area contributed by atoms with Gasteiger partial charge in [0.2, 0.25) is 5.91 Å². The number of phenolic OH excluding ortho intramolecular Hbond substituents is 1. The molecule has 42 heavy (non-hydrogen) atoms. The predicted octanol–water partition coefficient (Wildman–Crippen LogP) is 1.92. The SMILES string of the molecule is Cc1c(O)cccc1C(=O)N[C@@H](Cc1ccccc1)[C@H](O)C(=O)N1CSC(C)(C)[C@@H]1C(=O)NCCCN1CCOCC1. The number of aromatic hydroxyl groups is 1. The van der Waals surface area contributed by atoms with E-state index in [0.717, 1.165) is 44.8 Å². The van der Waals surface area contributed by atoms with Crippen LogP contribution in [0.5, 0.6) is 5.75 Å². The highest BCUT2D eigenvalue weighted by Gasteiger charge is 2.49. The zero-order valence-corrected chi connectivity index (χ0v) is 25.4. The van der Waals surface area contributed by atoms with Crippen molar-refractivity contribution in [2.24, 2.45) is 0 Å². The first-order valence-corrected chi connectivity index (χ1v) is 15.4. The third-order valence-corrected chi connectivity index (χ3v) is 9.30. The molecule has 2 heterocycles. The molecule has 2 fully saturated rings. The van der Waals surface area contributed by atoms with Crippen molar-refractivity contribution in [1.29, 1.82) is 0 Å². The summed E-state index contributed by atoms with van der Waals surface area (Å²) in [6, 6.07) is 12.2. The van der Waals surface area contributed by atoms with E-state index in [1.54, 1.807) is 19.1 Å². The number of hydrogen-bond donors (Lipinski definition) is 4. The molecular formula is C31H42N4O6S. The summed E-state index contributed by atoms with van der Waals surface area (Å²) < 4.78 is 4.82. The molecule has 228 valence electrons. The van der Waals surface area contributed by atoms with Gasteiger partial charge in [-0.25, -0.2) is 0 Å². The van der Waals surface area contributed by atoms with Crippen LogP contribution in [0.1, 0.15) is 41.8 Å². The Bertz CT molecular complexity index is 1240. The fourth-order valence-corrected chi connectivity index (χ4v) is 6.56. The maximum atomic E-state index is 13.8. The average Bonchev–Trinajstić information content (AvgIpc) is 3.31. The van der Waals surface area contributed by atoms with E-state index in [9.17, 15) is 24.6 Å². The van der Waals surface area contributed by atoms with Crippen molar-refractivity contribution >= 4 is 29.5 Å². The summed E-state index contributed by atoms with van der Waals surface area (Å²) in [6.07, 6.45) is -0.625. The van der Waals surface area contributed by atoms with Gasteiger partial charge in [0.05, 0.1) is 25.1 Å². The Balaban J connectivity index is 1.46. The highest BCUT2D eigenvalue weighted by Crippen LogP contribution is 2.40. The molecule has 2 aromatic carbocycles. The summed E-state index contributed by atoms with van der Waals surface area (Å²) in [5, 5.41) is 27.4. The molecule has 0 bridgehead atoms. The van der Waals surface area contributed by atoms with Gasteiger partial charge in [0.15, 0.2) is 6.10 Å². The first-order chi connectivity index (χ1) is 20.1. The molecule has 0 saturated carbocycles. The van der Waals surface area contributed by atoms with Crippen LogP contribution in [0.3, 0.4) is 0 Å². The lowest BCUT2D eigenvalue weighted by Gasteiger charge is -2.33. The number of thioether (sulfide) groups is 1. The summed E-state index contributed by atoms with van der Waals surface area (Å²) in [7, 11) is 0. The van der Waals surface area contributed by atoms with Crippen molar-refractivity contribution < 1.29 is 29.3 Å². The summed E-state index contributed by atoms with van der Waals surface area (Å²) >= 11 is 1.48. The molecule has 11 heteroatoms. The number of hydrogen-bond acceptors (Lipinski definition) is 8. The quantitative estimate of drug-likeness (QED) is 0.289. The van der Waals surface area contributed by atoms with E-state index in [0.29, 0.717) is 12.1 Å². The zero-order chi connectivity index (χ0) is 30.3. The van der Waals surface area contributed by atoms with Crippen molar-refractivity contribution in [2.45, 2.75) is 56.5 Å². The summed E-state index contributed by atoms with van der Waals surface area (Å²) in [4.78, 5) is 44.2. The molecule has 2 saturated heterocycles. The molecule has 2 aromatic rings. The van der Waals surface area contributed by atoms with Crippen LogP contribution >= 0.6 is 11.8 Å². The Hall–Kier alpha value is -3.12. The van der Waals surface area contributed by atoms with Crippen LogP contribution in [0.15, 0.2) is 48.5 Å². The molecule has 0 spiro atoms. The summed E-state index contributed by atoms with van der Waals surface area (Å²) in [5.41, 5.74) is 1.48. The van der Waals surface area contributed by atoms with E-state index in [4.69, 9.17) is 4.74 Å². The lowest BCUT2D eigenvalue weighted by atomic mass is 9.96. The van der Waals surface area contributed by atoms with Gasteiger partial charge in [0.1, 0.15) is 11.8 Å². The first kappa shape index (κ1) is 31.8. The second kappa shape index (κ2) is 14.4. The number of carbonyl (C=O) groups is 3. The van der Waals surface area contributed by atoms with Gasteiger partial charge < -0.3 is 30.5 Å². The maximum absolute atomic E-state index is 13.8. The molecule has 4 N–H and O–H groups in total. The molecule has 0 unspecified atom stereocenters. The molecule has 10 nitrogen and oxygen atoms in total. The van der Waals surface area contributed by atoms with E-state index in [-0.39, 0.29) is 29.5 Å². The Morgan fingerprint density at radius 3 is 2.52 bits per heavy atom. The molecule has 3 atom stereocenters. The lowest BCUT2D eigenvalue weighted by Crippen LogP contribution is -2.58. The minimum atomic E-state index is -1.60. The number of aliphatic hydroxyl groups is 1. The first-order valence-electron chi connectivity index (χ1n) is 14.4. The fraction of sp³-hybridized carbons (Fsp3) is 0.516. The van der Waals surface area contributed by atoms with Gasteiger partial charge in [-0.05, 0) is 57.9 Å². The predicted molar refractivity (Wildman–Crippen MR) is 162 cm³/mol. The van der Waals surface area contributed by atoms with Crippen LogP contribution in [0, 0.1) is 6.92 Å². The van der Waals surface area contributed by atoms with Gasteiger partial charge >= 0.3 is 0 Å². The number of aliphatic hydroxyl groups excluding tert-OH is 1. The van der Waals surface area contributed by atoms with Gasteiger partial charge in [0, 0.05) is 35.5 Å². The number of rotatable bonds is 11. The number of nitrogens with one attached hydrogen (secondary N) is 2. The number of ether oxygens (including phenoxy) is 1. The van der Waals surface area contributed by atoms with E-state index in [2.05, 4.69) is 15.5 Å². The zero-order valence-electron chi connectivity index (χ0n) is 24.5. The number of morpholine rings is 1.